The minimum absolute atomic E-state index is 0.00428. The fraction of sp³-hybridized carbons (Fsp3) is 0.455. The van der Waals surface area contributed by atoms with E-state index in [2.05, 4.69) is 4.72 Å². The lowest BCUT2D eigenvalue weighted by molar-refractivity contribution is 0.263. The molecule has 0 aromatic heterocycles. The number of rotatable bonds is 6. The number of sulfonamides is 1. The fourth-order valence-electron chi connectivity index (χ4n) is 1.43. The molecule has 108 valence electrons. The van der Waals surface area contributed by atoms with Crippen molar-refractivity contribution in [1.82, 2.24) is 4.72 Å². The molecule has 1 atom stereocenters. The summed E-state index contributed by atoms with van der Waals surface area (Å²) in [6.07, 6.45) is 0.505. The highest BCUT2D eigenvalue weighted by molar-refractivity contribution is 7.89. The number of hydrogen-bond acceptors (Lipinski definition) is 3. The molecule has 4 nitrogen and oxygen atoms in total. The van der Waals surface area contributed by atoms with Crippen LogP contribution < -0.4 is 4.72 Å². The predicted octanol–water partition coefficient (Wildman–Crippen LogP) is 2.94. The number of benzene rings is 1. The first-order chi connectivity index (χ1) is 8.77. The molecule has 19 heavy (non-hydrogen) atoms. The molecule has 0 saturated carbocycles. The lowest BCUT2D eigenvalue weighted by atomic mass is 10.1. The van der Waals surface area contributed by atoms with Crippen molar-refractivity contribution in [2.45, 2.75) is 18.2 Å². The highest BCUT2D eigenvalue weighted by Gasteiger charge is 2.22. The number of halogens is 3. The van der Waals surface area contributed by atoms with Gasteiger partial charge in [-0.2, -0.15) is 0 Å². The van der Waals surface area contributed by atoms with E-state index in [1.165, 1.54) is 12.1 Å². The SMILES string of the molecule is CC(CCO)CNS(=O)(=O)c1c(Cl)cc(Cl)cc1Cl. The third kappa shape index (κ3) is 4.77. The second-order valence-corrected chi connectivity index (χ2v) is 7.12. The quantitative estimate of drug-likeness (QED) is 0.832. The van der Waals surface area contributed by atoms with E-state index in [9.17, 15) is 8.42 Å². The van der Waals surface area contributed by atoms with E-state index in [0.29, 0.717) is 6.42 Å². The monoisotopic (exact) mass is 345 g/mol. The van der Waals surface area contributed by atoms with Gasteiger partial charge >= 0.3 is 0 Å². The molecule has 1 rings (SSSR count). The maximum Gasteiger partial charge on any atom is 0.243 e. The van der Waals surface area contributed by atoms with Gasteiger partial charge in [-0.3, -0.25) is 0 Å². The van der Waals surface area contributed by atoms with Crippen molar-refractivity contribution in [3.8, 4) is 0 Å². The summed E-state index contributed by atoms with van der Waals surface area (Å²) in [6, 6.07) is 2.64. The zero-order valence-corrected chi connectivity index (χ0v) is 13.2. The van der Waals surface area contributed by atoms with Crippen molar-refractivity contribution in [1.29, 1.82) is 0 Å². The molecular weight excluding hydrogens is 333 g/mol. The molecule has 0 aliphatic rings. The zero-order valence-electron chi connectivity index (χ0n) is 10.2. The molecule has 0 bridgehead atoms. The van der Waals surface area contributed by atoms with Crippen LogP contribution in [0.15, 0.2) is 17.0 Å². The van der Waals surface area contributed by atoms with Crippen molar-refractivity contribution in [3.63, 3.8) is 0 Å². The van der Waals surface area contributed by atoms with Gasteiger partial charge in [0.15, 0.2) is 0 Å². The van der Waals surface area contributed by atoms with Crippen LogP contribution in [-0.2, 0) is 10.0 Å². The molecule has 0 fully saturated rings. The topological polar surface area (TPSA) is 66.4 Å². The molecular formula is C11H14Cl3NO3S. The highest BCUT2D eigenvalue weighted by atomic mass is 35.5. The first kappa shape index (κ1) is 17.0. The van der Waals surface area contributed by atoms with E-state index in [-0.39, 0.29) is 39.0 Å². The van der Waals surface area contributed by atoms with Gasteiger partial charge in [0, 0.05) is 18.2 Å². The van der Waals surface area contributed by atoms with Crippen LogP contribution in [-0.4, -0.2) is 26.7 Å². The Kier molecular flexibility index (Phi) is 6.36. The Bertz CT molecular complexity index is 525. The number of hydrogen-bond donors (Lipinski definition) is 2. The van der Waals surface area contributed by atoms with Crippen molar-refractivity contribution in [2.75, 3.05) is 13.2 Å². The third-order valence-electron chi connectivity index (χ3n) is 2.48. The summed E-state index contributed by atoms with van der Waals surface area (Å²) in [5, 5.41) is 8.98. The smallest absolute Gasteiger partial charge is 0.243 e. The van der Waals surface area contributed by atoms with Crippen molar-refractivity contribution < 1.29 is 13.5 Å². The predicted molar refractivity (Wildman–Crippen MR) is 77.5 cm³/mol. The molecule has 0 spiro atoms. The summed E-state index contributed by atoms with van der Waals surface area (Å²) in [5.74, 6) is 0.00428. The van der Waals surface area contributed by atoms with Gasteiger partial charge in [-0.1, -0.05) is 41.7 Å². The molecule has 0 saturated heterocycles. The second-order valence-electron chi connectivity index (χ2n) is 4.17. The first-order valence-corrected chi connectivity index (χ1v) is 8.14. The van der Waals surface area contributed by atoms with Crippen molar-refractivity contribution in [2.24, 2.45) is 5.92 Å². The summed E-state index contributed by atoms with van der Waals surface area (Å²) < 4.78 is 26.6. The Morgan fingerprint density at radius 2 is 1.79 bits per heavy atom. The van der Waals surface area contributed by atoms with Crippen LogP contribution in [0.4, 0.5) is 0 Å². The minimum atomic E-state index is -3.81. The van der Waals surface area contributed by atoms with Gasteiger partial charge in [0.25, 0.3) is 0 Å². The number of aliphatic hydroxyl groups excluding tert-OH is 1. The van der Waals surface area contributed by atoms with E-state index >= 15 is 0 Å². The summed E-state index contributed by atoms with van der Waals surface area (Å²) in [6.45, 7) is 2.02. The van der Waals surface area contributed by atoms with E-state index in [0.717, 1.165) is 0 Å². The number of aliphatic hydroxyl groups is 1. The highest BCUT2D eigenvalue weighted by Crippen LogP contribution is 2.32. The Balaban J connectivity index is 2.95. The van der Waals surface area contributed by atoms with Crippen LogP contribution in [0.1, 0.15) is 13.3 Å². The Hall–Kier alpha value is -0.0400. The van der Waals surface area contributed by atoms with Crippen LogP contribution in [0.3, 0.4) is 0 Å². The zero-order chi connectivity index (χ0) is 14.6. The molecule has 0 heterocycles. The van der Waals surface area contributed by atoms with Crippen LogP contribution >= 0.6 is 34.8 Å². The van der Waals surface area contributed by atoms with E-state index in [1.807, 2.05) is 6.92 Å². The van der Waals surface area contributed by atoms with Crippen LogP contribution in [0.25, 0.3) is 0 Å². The maximum atomic E-state index is 12.1. The summed E-state index contributed by atoms with van der Waals surface area (Å²) in [4.78, 5) is -0.184. The standard InChI is InChI=1S/C11H14Cl3NO3S/c1-7(2-3-16)6-15-19(17,18)11-9(13)4-8(12)5-10(11)14/h4-5,7,15-16H,2-3,6H2,1H3. The third-order valence-corrected chi connectivity index (χ3v) is 5.04. The van der Waals surface area contributed by atoms with Gasteiger partial charge in [0.05, 0.1) is 10.0 Å². The largest absolute Gasteiger partial charge is 0.396 e. The Morgan fingerprint density at radius 3 is 2.26 bits per heavy atom. The average Bonchev–Trinajstić information content (AvgIpc) is 2.25. The Labute approximate surface area is 127 Å². The van der Waals surface area contributed by atoms with Gasteiger partial charge < -0.3 is 5.11 Å². The van der Waals surface area contributed by atoms with Crippen LogP contribution in [0.2, 0.25) is 15.1 Å². The Morgan fingerprint density at radius 1 is 1.26 bits per heavy atom. The average molecular weight is 347 g/mol. The van der Waals surface area contributed by atoms with Gasteiger partial charge in [-0.05, 0) is 24.5 Å². The molecule has 8 heteroatoms. The number of nitrogens with one attached hydrogen (secondary N) is 1. The van der Waals surface area contributed by atoms with Gasteiger partial charge in [-0.15, -0.1) is 0 Å². The maximum absolute atomic E-state index is 12.1. The van der Waals surface area contributed by atoms with Crippen molar-refractivity contribution in [3.05, 3.63) is 27.2 Å². The minimum Gasteiger partial charge on any atom is -0.396 e. The normalized spacial score (nSPS) is 13.5. The van der Waals surface area contributed by atoms with E-state index < -0.39 is 10.0 Å². The molecule has 0 aliphatic heterocycles. The fourth-order valence-corrected chi connectivity index (χ4v) is 4.14. The summed E-state index contributed by atoms with van der Waals surface area (Å²) in [5.41, 5.74) is 0. The second kappa shape index (κ2) is 7.11. The molecule has 2 N–H and O–H groups in total. The van der Waals surface area contributed by atoms with Gasteiger partial charge in [-0.25, -0.2) is 13.1 Å². The van der Waals surface area contributed by atoms with Crippen molar-refractivity contribution >= 4 is 44.8 Å². The lowest BCUT2D eigenvalue weighted by Crippen LogP contribution is -2.29. The molecule has 1 unspecified atom stereocenters. The first-order valence-electron chi connectivity index (χ1n) is 5.53. The molecule has 0 radical (unpaired) electrons. The summed E-state index contributed by atoms with van der Waals surface area (Å²) in [7, 11) is -3.81. The lowest BCUT2D eigenvalue weighted by Gasteiger charge is -2.13. The molecule has 1 aromatic carbocycles. The van der Waals surface area contributed by atoms with Crippen LogP contribution in [0, 0.1) is 5.92 Å². The van der Waals surface area contributed by atoms with Crippen LogP contribution in [0.5, 0.6) is 0 Å². The van der Waals surface area contributed by atoms with E-state index in [1.54, 1.807) is 0 Å². The van der Waals surface area contributed by atoms with E-state index in [4.69, 9.17) is 39.9 Å². The van der Waals surface area contributed by atoms with Gasteiger partial charge in [0.1, 0.15) is 4.90 Å². The molecule has 1 aromatic rings. The molecule has 0 amide bonds. The molecule has 0 aliphatic carbocycles. The summed E-state index contributed by atoms with van der Waals surface area (Å²) >= 11 is 17.5. The van der Waals surface area contributed by atoms with Gasteiger partial charge in [0.2, 0.25) is 10.0 Å².